The number of hydrogen-bond acceptors (Lipinski definition) is 8. The van der Waals surface area contributed by atoms with Gasteiger partial charge in [-0.05, 0) is 121 Å². The summed E-state index contributed by atoms with van der Waals surface area (Å²) in [4.78, 5) is 0. The second-order valence-electron chi connectivity index (χ2n) is 20.0. The number of methoxy groups -OCH3 is 4. The van der Waals surface area contributed by atoms with Crippen LogP contribution in [0.15, 0.2) is 163 Å². The molecule has 0 amide bonds. The Morgan fingerprint density at radius 2 is 0.438 bits per heavy atom. The molecule has 8 nitrogen and oxygen atoms in total. The molecule has 12 heteroatoms. The van der Waals surface area contributed by atoms with E-state index in [4.69, 9.17) is 37.9 Å². The summed E-state index contributed by atoms with van der Waals surface area (Å²) in [5, 5.41) is 0. The quantitative estimate of drug-likeness (QED) is 0.0747. The Morgan fingerprint density at radius 1 is 0.263 bits per heavy atom. The zero-order valence-electron chi connectivity index (χ0n) is 46.6. The molecule has 0 saturated heterocycles. The first kappa shape index (κ1) is 58.7. The van der Waals surface area contributed by atoms with Crippen molar-refractivity contribution in [1.29, 1.82) is 0 Å². The Hall–Kier alpha value is -5.92. The van der Waals surface area contributed by atoms with Crippen molar-refractivity contribution in [3.8, 4) is 46.0 Å². The summed E-state index contributed by atoms with van der Waals surface area (Å²) in [6.45, 7) is 10.3. The molecule has 0 spiro atoms. The summed E-state index contributed by atoms with van der Waals surface area (Å²) in [6, 6.07) is 50.6. The minimum Gasteiger partial charge on any atom is -0.496 e. The molecule has 0 unspecified atom stereocenters. The molecule has 0 aliphatic heterocycles. The predicted molar refractivity (Wildman–Crippen MR) is 334 cm³/mol. The van der Waals surface area contributed by atoms with Crippen LogP contribution in [0.25, 0.3) is 0 Å². The normalized spacial score (nSPS) is 15.7. The average molecular weight is 1330 g/mol. The van der Waals surface area contributed by atoms with Crippen LogP contribution in [0.1, 0.15) is 144 Å². The van der Waals surface area contributed by atoms with Crippen LogP contribution in [0, 0.1) is 0 Å². The molecule has 0 heterocycles. The standard InChI is InChI=1S/C68H68Br4O8/c1-9-49-53-29-58(66(33-61(53)73-5)78-38-42-15-23-46(70)24-16-42)51(11-3)55-31-60(68(35-63(55)75-7)80-40-44-19-27-48(72)28-20-44)52(12-4)56-32-59(67(36-64(56)76-8)79-39-43-17-25-47(71)26-18-43)50(10-2)54-30-57(49)65(34-62(54)74-6)77-37-41-13-21-45(69)22-14-41/h13-36,49-52H,9-12,37-40H2,1-8H3/t49-,50-,51-,52-/m1/s1. The maximum absolute atomic E-state index is 7.01. The predicted octanol–water partition coefficient (Wildman–Crippen LogP) is 19.6. The van der Waals surface area contributed by atoms with Gasteiger partial charge in [-0.15, -0.1) is 0 Å². The number of fused-ring (bicyclic) bond motifs is 8. The van der Waals surface area contributed by atoms with Gasteiger partial charge in [0.25, 0.3) is 0 Å². The summed E-state index contributed by atoms with van der Waals surface area (Å²) in [5.74, 6) is 4.88. The molecule has 8 aromatic carbocycles. The van der Waals surface area contributed by atoms with Crippen LogP contribution < -0.4 is 37.9 Å². The van der Waals surface area contributed by atoms with Crippen molar-refractivity contribution in [1.82, 2.24) is 0 Å². The Bertz CT molecular complexity index is 2930. The lowest BCUT2D eigenvalue weighted by molar-refractivity contribution is 0.294. The number of benzene rings is 8. The fraction of sp³-hybridized carbons (Fsp3) is 0.294. The van der Waals surface area contributed by atoms with E-state index in [1.54, 1.807) is 28.4 Å². The van der Waals surface area contributed by atoms with E-state index < -0.39 is 0 Å². The zero-order valence-corrected chi connectivity index (χ0v) is 52.9. The summed E-state index contributed by atoms with van der Waals surface area (Å²) in [5.41, 5.74) is 12.2. The first-order valence-electron chi connectivity index (χ1n) is 27.3. The molecule has 0 fully saturated rings. The molecular weight excluding hydrogens is 1260 g/mol. The summed E-state index contributed by atoms with van der Waals surface area (Å²) in [7, 11) is 6.98. The lowest BCUT2D eigenvalue weighted by Crippen LogP contribution is -2.15. The Morgan fingerprint density at radius 3 is 0.600 bits per heavy atom. The van der Waals surface area contributed by atoms with Gasteiger partial charge in [0.05, 0.1) is 28.4 Å². The molecule has 9 rings (SSSR count). The van der Waals surface area contributed by atoms with Crippen molar-refractivity contribution in [2.75, 3.05) is 28.4 Å². The number of rotatable bonds is 20. The summed E-state index contributed by atoms with van der Waals surface area (Å²) >= 11 is 14.5. The molecule has 0 N–H and O–H groups in total. The van der Waals surface area contributed by atoms with Crippen molar-refractivity contribution in [3.63, 3.8) is 0 Å². The lowest BCUT2D eigenvalue weighted by atomic mass is 9.77. The SMILES string of the molecule is CC[C@@H]1c2cc(c(OCc3ccc(Br)cc3)cc2OC)[C@H](CC)c2cc(c(OCc3ccc(Br)cc3)cc2OC)[C@H](CC)c2cc(c(OCc3ccc(Br)cc3)cc2OC)[C@H](CC)c2cc1c(OCc1ccc(Br)cc1)cc2OC. The minimum atomic E-state index is -0.215. The third-order valence-corrected chi connectivity index (χ3v) is 17.4. The van der Waals surface area contributed by atoms with E-state index in [9.17, 15) is 0 Å². The van der Waals surface area contributed by atoms with E-state index in [2.05, 4.69) is 188 Å². The fourth-order valence-electron chi connectivity index (χ4n) is 11.2. The van der Waals surface area contributed by atoms with E-state index in [-0.39, 0.29) is 23.7 Å². The van der Waals surface area contributed by atoms with Crippen molar-refractivity contribution < 1.29 is 37.9 Å². The van der Waals surface area contributed by atoms with Gasteiger partial charge in [0.15, 0.2) is 0 Å². The summed E-state index contributed by atoms with van der Waals surface area (Å²) < 4.78 is 58.0. The van der Waals surface area contributed by atoms with Gasteiger partial charge in [-0.25, -0.2) is 0 Å². The highest BCUT2D eigenvalue weighted by molar-refractivity contribution is 9.11. The molecule has 8 bridgehead atoms. The van der Waals surface area contributed by atoms with Crippen LogP contribution in [0.4, 0.5) is 0 Å². The number of halogens is 4. The van der Waals surface area contributed by atoms with E-state index in [1.807, 2.05) is 48.5 Å². The van der Waals surface area contributed by atoms with Gasteiger partial charge in [-0.3, -0.25) is 0 Å². The molecular formula is C68H68Br4O8. The zero-order chi connectivity index (χ0) is 56.5. The second kappa shape index (κ2) is 27.2. The molecule has 1 aliphatic rings. The summed E-state index contributed by atoms with van der Waals surface area (Å²) in [6.07, 6.45) is 2.86. The Kier molecular flexibility index (Phi) is 20.0. The van der Waals surface area contributed by atoms with Gasteiger partial charge < -0.3 is 37.9 Å². The van der Waals surface area contributed by atoms with E-state index in [0.717, 1.165) is 108 Å². The van der Waals surface area contributed by atoms with E-state index in [0.29, 0.717) is 75.1 Å². The van der Waals surface area contributed by atoms with Crippen molar-refractivity contribution in [2.45, 2.75) is 103 Å². The van der Waals surface area contributed by atoms with Gasteiger partial charge in [0, 0.05) is 110 Å². The highest BCUT2D eigenvalue weighted by Crippen LogP contribution is 2.53. The third-order valence-electron chi connectivity index (χ3n) is 15.3. The number of ether oxygens (including phenoxy) is 8. The van der Waals surface area contributed by atoms with E-state index >= 15 is 0 Å². The van der Waals surface area contributed by atoms with Gasteiger partial charge in [0.2, 0.25) is 0 Å². The first-order valence-corrected chi connectivity index (χ1v) is 30.4. The van der Waals surface area contributed by atoms with Gasteiger partial charge >= 0.3 is 0 Å². The maximum Gasteiger partial charge on any atom is 0.127 e. The van der Waals surface area contributed by atoms with Crippen molar-refractivity contribution >= 4 is 63.7 Å². The maximum atomic E-state index is 7.01. The fourth-order valence-corrected chi connectivity index (χ4v) is 12.2. The molecule has 0 aromatic heterocycles. The minimum absolute atomic E-state index is 0.215. The van der Waals surface area contributed by atoms with Crippen LogP contribution in [-0.2, 0) is 26.4 Å². The number of hydrogen-bond donors (Lipinski definition) is 0. The largest absolute Gasteiger partial charge is 0.496 e. The smallest absolute Gasteiger partial charge is 0.127 e. The molecule has 416 valence electrons. The topological polar surface area (TPSA) is 73.8 Å². The van der Waals surface area contributed by atoms with Crippen molar-refractivity contribution in [3.05, 3.63) is 230 Å². The molecule has 80 heavy (non-hydrogen) atoms. The highest BCUT2D eigenvalue weighted by Gasteiger charge is 2.34. The van der Waals surface area contributed by atoms with Gasteiger partial charge in [0.1, 0.15) is 72.4 Å². The molecule has 1 aliphatic carbocycles. The van der Waals surface area contributed by atoms with Crippen LogP contribution in [-0.4, -0.2) is 28.4 Å². The van der Waals surface area contributed by atoms with Crippen LogP contribution >= 0.6 is 63.7 Å². The van der Waals surface area contributed by atoms with Crippen LogP contribution in [0.5, 0.6) is 46.0 Å². The molecule has 0 saturated carbocycles. The van der Waals surface area contributed by atoms with Crippen molar-refractivity contribution in [2.24, 2.45) is 0 Å². The third kappa shape index (κ3) is 13.2. The van der Waals surface area contributed by atoms with Gasteiger partial charge in [-0.1, -0.05) is 140 Å². The molecule has 0 radical (unpaired) electrons. The average Bonchev–Trinajstić information content (AvgIpc) is 3.53. The second-order valence-corrected chi connectivity index (χ2v) is 23.7. The van der Waals surface area contributed by atoms with E-state index in [1.165, 1.54) is 0 Å². The highest BCUT2D eigenvalue weighted by atomic mass is 79.9. The van der Waals surface area contributed by atoms with Crippen LogP contribution in [0.3, 0.4) is 0 Å². The monoisotopic (exact) mass is 1330 g/mol. The van der Waals surface area contributed by atoms with Gasteiger partial charge in [-0.2, -0.15) is 0 Å². The lowest BCUT2D eigenvalue weighted by Gasteiger charge is -2.31. The Balaban J connectivity index is 1.35. The molecule has 8 aromatic rings. The molecule has 4 atom stereocenters. The first-order chi connectivity index (χ1) is 38.9. The Labute approximate surface area is 506 Å². The van der Waals surface area contributed by atoms with Crippen LogP contribution in [0.2, 0.25) is 0 Å².